The fourth-order valence-electron chi connectivity index (χ4n) is 1.31. The highest BCUT2D eigenvalue weighted by Gasteiger charge is 2.16. The maximum Gasteiger partial charge on any atom is 0.125 e. The molecule has 19 heavy (non-hydrogen) atoms. The maximum atomic E-state index is 12.1. The molecular weight excluding hydrogens is 258 g/mol. The van der Waals surface area contributed by atoms with Gasteiger partial charge in [-0.05, 0) is 65.0 Å². The van der Waals surface area contributed by atoms with E-state index in [2.05, 4.69) is 11.3 Å². The Morgan fingerprint density at radius 3 is 2.11 bits per heavy atom. The largest absolute Gasteiger partial charge is 0.484 e. The SMILES string of the molecule is C=CC(C)(C)Oc1ccc(S(=O)NC(C)(C)C)cc1. The van der Waals surface area contributed by atoms with Crippen molar-refractivity contribution in [3.63, 3.8) is 0 Å². The number of hydrogen-bond acceptors (Lipinski definition) is 2. The first-order valence-electron chi connectivity index (χ1n) is 6.25. The van der Waals surface area contributed by atoms with Crippen LogP contribution in [0.4, 0.5) is 0 Å². The van der Waals surface area contributed by atoms with Crippen LogP contribution < -0.4 is 9.46 Å². The number of benzene rings is 1. The Morgan fingerprint density at radius 1 is 1.16 bits per heavy atom. The van der Waals surface area contributed by atoms with Gasteiger partial charge in [0.2, 0.25) is 0 Å². The minimum Gasteiger partial charge on any atom is -0.484 e. The highest BCUT2D eigenvalue weighted by molar-refractivity contribution is 7.83. The molecule has 1 aromatic carbocycles. The molecule has 0 aromatic heterocycles. The molecule has 1 aromatic rings. The van der Waals surface area contributed by atoms with Gasteiger partial charge in [0, 0.05) is 5.54 Å². The Balaban J connectivity index is 2.77. The minimum atomic E-state index is -1.21. The Labute approximate surface area is 118 Å². The van der Waals surface area contributed by atoms with Gasteiger partial charge in [-0.3, -0.25) is 0 Å². The van der Waals surface area contributed by atoms with E-state index in [1.807, 2.05) is 58.9 Å². The molecule has 1 rings (SSSR count). The van der Waals surface area contributed by atoms with E-state index in [1.165, 1.54) is 0 Å². The molecule has 0 spiro atoms. The molecule has 0 aliphatic rings. The van der Waals surface area contributed by atoms with Gasteiger partial charge in [-0.2, -0.15) is 0 Å². The summed E-state index contributed by atoms with van der Waals surface area (Å²) in [5, 5.41) is 0. The van der Waals surface area contributed by atoms with Crippen LogP contribution in [0.2, 0.25) is 0 Å². The van der Waals surface area contributed by atoms with Crippen LogP contribution in [0.5, 0.6) is 5.75 Å². The molecule has 3 nitrogen and oxygen atoms in total. The zero-order chi connectivity index (χ0) is 14.7. The fraction of sp³-hybridized carbons (Fsp3) is 0.467. The van der Waals surface area contributed by atoms with Crippen molar-refractivity contribution in [2.45, 2.75) is 50.7 Å². The molecule has 106 valence electrons. The predicted molar refractivity (Wildman–Crippen MR) is 80.6 cm³/mol. The van der Waals surface area contributed by atoms with Gasteiger partial charge in [-0.15, -0.1) is 0 Å². The molecule has 0 aliphatic carbocycles. The van der Waals surface area contributed by atoms with Gasteiger partial charge in [-0.25, -0.2) is 8.93 Å². The molecular formula is C15H23NO2S. The third-order valence-corrected chi connectivity index (χ3v) is 3.81. The summed E-state index contributed by atoms with van der Waals surface area (Å²) in [6.45, 7) is 13.5. The van der Waals surface area contributed by atoms with Crippen molar-refractivity contribution in [1.82, 2.24) is 4.72 Å². The number of hydrogen-bond donors (Lipinski definition) is 1. The fourth-order valence-corrected chi connectivity index (χ4v) is 2.37. The molecule has 1 unspecified atom stereocenters. The van der Waals surface area contributed by atoms with Crippen LogP contribution in [-0.4, -0.2) is 15.3 Å². The van der Waals surface area contributed by atoms with Crippen LogP contribution in [0.3, 0.4) is 0 Å². The van der Waals surface area contributed by atoms with Crippen molar-refractivity contribution in [3.8, 4) is 5.75 Å². The second kappa shape index (κ2) is 5.88. The molecule has 0 amide bonds. The van der Waals surface area contributed by atoms with Crippen molar-refractivity contribution >= 4 is 11.0 Å². The monoisotopic (exact) mass is 281 g/mol. The van der Waals surface area contributed by atoms with Crippen molar-refractivity contribution < 1.29 is 8.95 Å². The summed E-state index contributed by atoms with van der Waals surface area (Å²) in [4.78, 5) is 0.735. The van der Waals surface area contributed by atoms with Crippen LogP contribution in [0.25, 0.3) is 0 Å². The van der Waals surface area contributed by atoms with Gasteiger partial charge < -0.3 is 4.74 Å². The number of nitrogens with one attached hydrogen (secondary N) is 1. The first kappa shape index (κ1) is 15.9. The molecule has 0 bridgehead atoms. The maximum absolute atomic E-state index is 12.1. The second-order valence-electron chi connectivity index (χ2n) is 6.00. The first-order chi connectivity index (χ1) is 8.63. The molecule has 0 saturated carbocycles. The van der Waals surface area contributed by atoms with E-state index in [-0.39, 0.29) is 5.54 Å². The Kier molecular flexibility index (Phi) is 4.93. The first-order valence-corrected chi connectivity index (χ1v) is 7.40. The Morgan fingerprint density at radius 2 is 1.68 bits per heavy atom. The summed E-state index contributed by atoms with van der Waals surface area (Å²) >= 11 is 0. The van der Waals surface area contributed by atoms with Gasteiger partial charge in [0.15, 0.2) is 0 Å². The molecule has 1 N–H and O–H groups in total. The molecule has 1 atom stereocenters. The average molecular weight is 281 g/mol. The minimum absolute atomic E-state index is 0.190. The summed E-state index contributed by atoms with van der Waals surface area (Å²) in [6, 6.07) is 7.26. The lowest BCUT2D eigenvalue weighted by molar-refractivity contribution is 0.162. The van der Waals surface area contributed by atoms with Crippen molar-refractivity contribution in [2.75, 3.05) is 0 Å². The van der Waals surface area contributed by atoms with Crippen molar-refractivity contribution in [1.29, 1.82) is 0 Å². The standard InChI is InChI=1S/C15H23NO2S/c1-7-15(5,6)18-12-8-10-13(11-9-12)19(17)16-14(2,3)4/h7-11,16H,1H2,2-6H3. The predicted octanol–water partition coefficient (Wildman–Crippen LogP) is 3.44. The van der Waals surface area contributed by atoms with E-state index in [0.29, 0.717) is 0 Å². The van der Waals surface area contributed by atoms with E-state index in [1.54, 1.807) is 6.08 Å². The zero-order valence-electron chi connectivity index (χ0n) is 12.3. The molecule has 0 fully saturated rings. The third kappa shape index (κ3) is 5.57. The lowest BCUT2D eigenvalue weighted by Crippen LogP contribution is -2.37. The van der Waals surface area contributed by atoms with Crippen LogP contribution in [0.15, 0.2) is 41.8 Å². The lowest BCUT2D eigenvalue weighted by Gasteiger charge is -2.22. The van der Waals surface area contributed by atoms with Crippen LogP contribution in [0, 0.1) is 0 Å². The quantitative estimate of drug-likeness (QED) is 0.840. The highest BCUT2D eigenvalue weighted by atomic mass is 32.2. The van der Waals surface area contributed by atoms with Crippen LogP contribution in [0.1, 0.15) is 34.6 Å². The van der Waals surface area contributed by atoms with Crippen LogP contribution in [-0.2, 0) is 11.0 Å². The molecule has 0 radical (unpaired) electrons. The van der Waals surface area contributed by atoms with Gasteiger partial charge in [0.25, 0.3) is 0 Å². The average Bonchev–Trinajstić information content (AvgIpc) is 2.27. The van der Waals surface area contributed by atoms with E-state index in [9.17, 15) is 4.21 Å². The summed E-state index contributed by atoms with van der Waals surface area (Å²) in [6.07, 6.45) is 1.75. The molecule has 4 heteroatoms. The van der Waals surface area contributed by atoms with E-state index >= 15 is 0 Å². The van der Waals surface area contributed by atoms with E-state index < -0.39 is 16.6 Å². The lowest BCUT2D eigenvalue weighted by atomic mass is 10.1. The van der Waals surface area contributed by atoms with Gasteiger partial charge in [0.1, 0.15) is 22.3 Å². The van der Waals surface area contributed by atoms with Crippen LogP contribution >= 0.6 is 0 Å². The van der Waals surface area contributed by atoms with Crippen molar-refractivity contribution in [2.24, 2.45) is 0 Å². The second-order valence-corrected chi connectivity index (χ2v) is 7.21. The van der Waals surface area contributed by atoms with E-state index in [0.717, 1.165) is 10.6 Å². The molecule has 0 saturated heterocycles. The normalized spacial score (nSPS) is 13.9. The highest BCUT2D eigenvalue weighted by Crippen LogP contribution is 2.20. The molecule has 0 heterocycles. The topological polar surface area (TPSA) is 38.3 Å². The number of ether oxygens (including phenoxy) is 1. The third-order valence-electron chi connectivity index (χ3n) is 2.31. The van der Waals surface area contributed by atoms with Gasteiger partial charge >= 0.3 is 0 Å². The summed E-state index contributed by atoms with van der Waals surface area (Å²) in [5.41, 5.74) is -0.602. The summed E-state index contributed by atoms with van der Waals surface area (Å²) < 4.78 is 20.8. The smallest absolute Gasteiger partial charge is 0.125 e. The number of rotatable bonds is 5. The van der Waals surface area contributed by atoms with Gasteiger partial charge in [-0.1, -0.05) is 6.58 Å². The van der Waals surface area contributed by atoms with Crippen molar-refractivity contribution in [3.05, 3.63) is 36.9 Å². The van der Waals surface area contributed by atoms with E-state index in [4.69, 9.17) is 4.74 Å². The zero-order valence-corrected chi connectivity index (χ0v) is 13.1. The summed E-state index contributed by atoms with van der Waals surface area (Å²) in [7, 11) is -1.21. The molecule has 0 aliphatic heterocycles. The summed E-state index contributed by atoms with van der Waals surface area (Å²) in [5.74, 6) is 0.737. The Bertz CT molecular complexity index is 458. The van der Waals surface area contributed by atoms with Gasteiger partial charge in [0.05, 0.1) is 4.90 Å². The Hall–Kier alpha value is -1.13.